The van der Waals surface area contributed by atoms with Crippen LogP contribution in [0.5, 0.6) is 0 Å². The van der Waals surface area contributed by atoms with Gasteiger partial charge in [-0.1, -0.05) is 0 Å². The van der Waals surface area contributed by atoms with E-state index in [0.29, 0.717) is 21.3 Å². The van der Waals surface area contributed by atoms with Gasteiger partial charge in [-0.15, -0.1) is 0 Å². The molecule has 0 radical (unpaired) electrons. The molecule has 3 rings (SSSR count). The first-order chi connectivity index (χ1) is 8.79. The highest BCUT2D eigenvalue weighted by atomic mass is 79.9. The van der Waals surface area contributed by atoms with E-state index in [1.165, 1.54) is 0 Å². The van der Waals surface area contributed by atoms with E-state index >= 15 is 0 Å². The average molecular weight is 303 g/mol. The Morgan fingerprint density at radius 2 is 2.17 bits per heavy atom. The Bertz CT molecular complexity index is 724. The summed E-state index contributed by atoms with van der Waals surface area (Å²) >= 11 is 3.28. The molecule has 0 bridgehead atoms. The van der Waals surface area contributed by atoms with E-state index in [-0.39, 0.29) is 0 Å². The summed E-state index contributed by atoms with van der Waals surface area (Å²) < 4.78 is 2.22. The van der Waals surface area contributed by atoms with Crippen molar-refractivity contribution in [3.05, 3.63) is 47.0 Å². The van der Waals surface area contributed by atoms with Gasteiger partial charge in [0.25, 0.3) is 0 Å². The van der Waals surface area contributed by atoms with Gasteiger partial charge in [-0.2, -0.15) is 5.10 Å². The molecule has 0 unspecified atom stereocenters. The van der Waals surface area contributed by atoms with Gasteiger partial charge in [-0.05, 0) is 40.2 Å². The van der Waals surface area contributed by atoms with Crippen molar-refractivity contribution in [2.24, 2.45) is 0 Å². The summed E-state index contributed by atoms with van der Waals surface area (Å²) in [6.07, 6.45) is 4.07. The molecule has 0 N–H and O–H groups in total. The molecule has 0 aliphatic heterocycles. The lowest BCUT2D eigenvalue weighted by Gasteiger charge is -2.00. The molecule has 0 spiro atoms. The number of aldehydes is 1. The standard InChI is InChI=1S/C12H7BrN4O/c13-11-4-3-9-12(15-11)10(7-18)17(16-9)8-2-1-5-14-6-8/h1-7H. The number of carbonyl (C=O) groups is 1. The summed E-state index contributed by atoms with van der Waals surface area (Å²) in [6, 6.07) is 7.23. The Hall–Kier alpha value is -2.08. The predicted octanol–water partition coefficient (Wildman–Crippen LogP) is 2.39. The first kappa shape index (κ1) is 11.0. The quantitative estimate of drug-likeness (QED) is 0.539. The zero-order chi connectivity index (χ0) is 12.5. The van der Waals surface area contributed by atoms with Gasteiger partial charge >= 0.3 is 0 Å². The van der Waals surface area contributed by atoms with Gasteiger partial charge in [0.05, 0.1) is 11.9 Å². The molecule has 0 amide bonds. The van der Waals surface area contributed by atoms with Crippen molar-refractivity contribution in [1.82, 2.24) is 19.7 Å². The van der Waals surface area contributed by atoms with Crippen LogP contribution in [0.2, 0.25) is 0 Å². The second-order valence-corrected chi connectivity index (χ2v) is 4.44. The molecule has 88 valence electrons. The van der Waals surface area contributed by atoms with Crippen LogP contribution >= 0.6 is 15.9 Å². The first-order valence-electron chi connectivity index (χ1n) is 5.20. The van der Waals surface area contributed by atoms with Crippen LogP contribution in [-0.4, -0.2) is 26.0 Å². The van der Waals surface area contributed by atoms with Crippen molar-refractivity contribution in [3.8, 4) is 5.69 Å². The smallest absolute Gasteiger partial charge is 0.170 e. The topological polar surface area (TPSA) is 60.7 Å². The Balaban J connectivity index is 2.33. The minimum absolute atomic E-state index is 0.416. The molecule has 0 saturated carbocycles. The number of halogens is 1. The molecule has 0 atom stereocenters. The van der Waals surface area contributed by atoms with Crippen molar-refractivity contribution < 1.29 is 4.79 Å². The van der Waals surface area contributed by atoms with Crippen molar-refractivity contribution in [2.45, 2.75) is 0 Å². The largest absolute Gasteiger partial charge is 0.296 e. The maximum Gasteiger partial charge on any atom is 0.170 e. The van der Waals surface area contributed by atoms with E-state index in [4.69, 9.17) is 0 Å². The molecule has 3 heterocycles. The molecule has 5 nitrogen and oxygen atoms in total. The van der Waals surface area contributed by atoms with Crippen molar-refractivity contribution in [2.75, 3.05) is 0 Å². The number of pyridine rings is 2. The second kappa shape index (κ2) is 4.30. The van der Waals surface area contributed by atoms with Gasteiger partial charge in [0, 0.05) is 6.20 Å². The lowest BCUT2D eigenvalue weighted by Crippen LogP contribution is -2.01. The highest BCUT2D eigenvalue weighted by Crippen LogP contribution is 2.20. The van der Waals surface area contributed by atoms with E-state index in [0.717, 1.165) is 12.0 Å². The lowest BCUT2D eigenvalue weighted by atomic mass is 10.3. The number of nitrogens with zero attached hydrogens (tertiary/aromatic N) is 4. The normalized spacial score (nSPS) is 10.7. The van der Waals surface area contributed by atoms with Crippen LogP contribution < -0.4 is 0 Å². The summed E-state index contributed by atoms with van der Waals surface area (Å²) in [5.41, 5.74) is 2.39. The van der Waals surface area contributed by atoms with Crippen LogP contribution in [0.25, 0.3) is 16.7 Å². The van der Waals surface area contributed by atoms with Gasteiger partial charge in [-0.3, -0.25) is 9.78 Å². The van der Waals surface area contributed by atoms with Gasteiger partial charge in [0.2, 0.25) is 0 Å². The minimum atomic E-state index is 0.416. The average Bonchev–Trinajstić information content (AvgIpc) is 2.77. The third kappa shape index (κ3) is 1.70. The monoisotopic (exact) mass is 302 g/mol. The second-order valence-electron chi connectivity index (χ2n) is 3.63. The number of aromatic nitrogens is 4. The summed E-state index contributed by atoms with van der Waals surface area (Å²) in [5, 5.41) is 4.36. The van der Waals surface area contributed by atoms with E-state index in [1.807, 2.05) is 12.1 Å². The van der Waals surface area contributed by atoms with Gasteiger partial charge in [-0.25, -0.2) is 9.67 Å². The highest BCUT2D eigenvalue weighted by Gasteiger charge is 2.13. The van der Waals surface area contributed by atoms with Crippen LogP contribution in [0.1, 0.15) is 10.5 Å². The number of fused-ring (bicyclic) bond motifs is 1. The highest BCUT2D eigenvalue weighted by molar-refractivity contribution is 9.10. The van der Waals surface area contributed by atoms with Crippen molar-refractivity contribution >= 4 is 33.2 Å². The van der Waals surface area contributed by atoms with Crippen LogP contribution in [0.4, 0.5) is 0 Å². The fraction of sp³-hybridized carbons (Fsp3) is 0. The van der Waals surface area contributed by atoms with Crippen LogP contribution in [0, 0.1) is 0 Å². The van der Waals surface area contributed by atoms with Crippen molar-refractivity contribution in [3.63, 3.8) is 0 Å². The van der Waals surface area contributed by atoms with Gasteiger partial charge in [0.1, 0.15) is 21.3 Å². The van der Waals surface area contributed by atoms with E-state index in [1.54, 1.807) is 29.2 Å². The molecule has 0 saturated heterocycles. The predicted molar refractivity (Wildman–Crippen MR) is 69.7 cm³/mol. The summed E-state index contributed by atoms with van der Waals surface area (Å²) in [5.74, 6) is 0. The molecular weight excluding hydrogens is 296 g/mol. The summed E-state index contributed by atoms with van der Waals surface area (Å²) in [7, 11) is 0. The molecule has 3 aromatic heterocycles. The van der Waals surface area contributed by atoms with Crippen LogP contribution in [0.3, 0.4) is 0 Å². The molecule has 18 heavy (non-hydrogen) atoms. The molecule has 0 aliphatic rings. The van der Waals surface area contributed by atoms with Gasteiger partial charge in [0.15, 0.2) is 6.29 Å². The molecule has 3 aromatic rings. The number of carbonyl (C=O) groups excluding carboxylic acids is 1. The van der Waals surface area contributed by atoms with Gasteiger partial charge < -0.3 is 0 Å². The Morgan fingerprint density at radius 3 is 2.89 bits per heavy atom. The fourth-order valence-electron chi connectivity index (χ4n) is 1.74. The Labute approximate surface area is 111 Å². The molecule has 0 aliphatic carbocycles. The van der Waals surface area contributed by atoms with E-state index < -0.39 is 0 Å². The molecule has 6 heteroatoms. The molecule has 0 aromatic carbocycles. The lowest BCUT2D eigenvalue weighted by molar-refractivity contribution is 0.111. The van der Waals surface area contributed by atoms with Crippen LogP contribution in [0.15, 0.2) is 41.3 Å². The summed E-state index contributed by atoms with van der Waals surface area (Å²) in [6.45, 7) is 0. The molecular formula is C12H7BrN4O. The summed E-state index contributed by atoms with van der Waals surface area (Å²) in [4.78, 5) is 19.5. The zero-order valence-electron chi connectivity index (χ0n) is 9.12. The fourth-order valence-corrected chi connectivity index (χ4v) is 2.05. The van der Waals surface area contributed by atoms with Crippen molar-refractivity contribution in [1.29, 1.82) is 0 Å². The Morgan fingerprint density at radius 1 is 1.28 bits per heavy atom. The maximum absolute atomic E-state index is 11.3. The first-order valence-corrected chi connectivity index (χ1v) is 6.00. The van der Waals surface area contributed by atoms with E-state index in [9.17, 15) is 4.79 Å². The SMILES string of the molecule is O=Cc1c2nc(Br)ccc2nn1-c1cccnc1. The molecule has 0 fully saturated rings. The minimum Gasteiger partial charge on any atom is -0.296 e. The van der Waals surface area contributed by atoms with Crippen LogP contribution in [-0.2, 0) is 0 Å². The zero-order valence-corrected chi connectivity index (χ0v) is 10.7. The maximum atomic E-state index is 11.3. The van der Waals surface area contributed by atoms with E-state index in [2.05, 4.69) is 31.0 Å². The Kier molecular flexibility index (Phi) is 2.64. The number of hydrogen-bond acceptors (Lipinski definition) is 4. The third-order valence-electron chi connectivity index (χ3n) is 2.52. The number of hydrogen-bond donors (Lipinski definition) is 0. The third-order valence-corrected chi connectivity index (χ3v) is 2.96. The number of rotatable bonds is 2.